The Morgan fingerprint density at radius 3 is 2.94 bits per heavy atom. The van der Waals surface area contributed by atoms with Gasteiger partial charge in [0.2, 0.25) is 5.95 Å². The third kappa shape index (κ3) is 3.98. The van der Waals surface area contributed by atoms with Crippen molar-refractivity contribution in [2.24, 2.45) is 0 Å². The van der Waals surface area contributed by atoms with Crippen LogP contribution in [0.4, 0.5) is 5.95 Å². The number of fused-ring (bicyclic) bond motifs is 1. The molecule has 158 valence electrons. The van der Waals surface area contributed by atoms with Crippen molar-refractivity contribution in [2.45, 2.75) is 32.7 Å². The maximum Gasteiger partial charge on any atom is 0.223 e. The predicted octanol–water partition coefficient (Wildman–Crippen LogP) is 3.24. The van der Waals surface area contributed by atoms with E-state index in [9.17, 15) is 5.11 Å². The largest absolute Gasteiger partial charge is 0.394 e. The number of aromatic nitrogens is 6. The molecular formula is C22H24N8O. The maximum absolute atomic E-state index is 9.86. The van der Waals surface area contributed by atoms with Crippen LogP contribution >= 0.6 is 0 Å². The Labute approximate surface area is 179 Å². The Hall–Kier alpha value is -3.77. The van der Waals surface area contributed by atoms with Crippen LogP contribution in [-0.2, 0) is 5.54 Å². The molecule has 0 aliphatic carbocycles. The van der Waals surface area contributed by atoms with Crippen molar-refractivity contribution in [3.8, 4) is 28.6 Å². The summed E-state index contributed by atoms with van der Waals surface area (Å²) in [7, 11) is 0. The summed E-state index contributed by atoms with van der Waals surface area (Å²) in [6.07, 6.45) is 7.64. The topological polar surface area (TPSA) is 128 Å². The lowest BCUT2D eigenvalue weighted by molar-refractivity contribution is 0.152. The van der Waals surface area contributed by atoms with E-state index in [2.05, 4.69) is 37.4 Å². The van der Waals surface area contributed by atoms with Crippen LogP contribution < -0.4 is 5.32 Å². The van der Waals surface area contributed by atoms with Gasteiger partial charge in [-0.1, -0.05) is 0 Å². The van der Waals surface area contributed by atoms with Crippen molar-refractivity contribution in [1.82, 2.24) is 29.7 Å². The molecule has 0 aliphatic heterocycles. The van der Waals surface area contributed by atoms with Crippen molar-refractivity contribution in [3.05, 3.63) is 42.5 Å². The van der Waals surface area contributed by atoms with Crippen LogP contribution in [0.1, 0.15) is 25.8 Å². The molecule has 4 heterocycles. The highest BCUT2D eigenvalue weighted by Gasteiger charge is 2.24. The van der Waals surface area contributed by atoms with Crippen molar-refractivity contribution in [2.75, 3.05) is 18.5 Å². The molecule has 0 radical (unpaired) electrons. The highest BCUT2D eigenvalue weighted by Crippen LogP contribution is 2.33. The Morgan fingerprint density at radius 1 is 1.32 bits per heavy atom. The van der Waals surface area contributed by atoms with Gasteiger partial charge in [0.05, 0.1) is 30.3 Å². The fraction of sp³-hybridized carbons (Fsp3) is 0.318. The lowest BCUT2D eigenvalue weighted by Gasteiger charge is -2.22. The van der Waals surface area contributed by atoms with E-state index in [4.69, 9.17) is 10.4 Å². The second kappa shape index (κ2) is 8.16. The molecule has 0 saturated carbocycles. The molecule has 0 amide bonds. The molecule has 0 unspecified atom stereocenters. The third-order valence-corrected chi connectivity index (χ3v) is 5.18. The Bertz CT molecular complexity index is 1260. The normalized spacial score (nSPS) is 11.6. The first-order chi connectivity index (χ1) is 14.9. The molecule has 4 rings (SSSR count). The van der Waals surface area contributed by atoms with Gasteiger partial charge in [-0.2, -0.15) is 10.4 Å². The molecule has 0 aromatic carbocycles. The number of nitriles is 1. The molecule has 0 saturated heterocycles. The van der Waals surface area contributed by atoms with Gasteiger partial charge >= 0.3 is 0 Å². The lowest BCUT2D eigenvalue weighted by atomic mass is 10.1. The molecule has 4 aromatic heterocycles. The number of pyridine rings is 1. The average Bonchev–Trinajstić information content (AvgIpc) is 3.39. The number of aromatic amines is 1. The van der Waals surface area contributed by atoms with Gasteiger partial charge in [0.1, 0.15) is 11.3 Å². The zero-order valence-electron chi connectivity index (χ0n) is 17.7. The van der Waals surface area contributed by atoms with Crippen molar-refractivity contribution in [1.29, 1.82) is 5.26 Å². The van der Waals surface area contributed by atoms with Crippen molar-refractivity contribution in [3.63, 3.8) is 0 Å². The number of anilines is 1. The number of nitrogens with one attached hydrogen (secondary N) is 2. The van der Waals surface area contributed by atoms with Crippen LogP contribution in [-0.4, -0.2) is 48.0 Å². The summed E-state index contributed by atoms with van der Waals surface area (Å²) in [5.74, 6) is 0.447. The minimum atomic E-state index is -0.588. The zero-order chi connectivity index (χ0) is 22.0. The fourth-order valence-electron chi connectivity index (χ4n) is 3.25. The number of hydrogen-bond acceptors (Lipinski definition) is 7. The molecule has 0 atom stereocenters. The molecule has 31 heavy (non-hydrogen) atoms. The number of hydrogen-bond donors (Lipinski definition) is 3. The van der Waals surface area contributed by atoms with Gasteiger partial charge in [-0.3, -0.25) is 4.68 Å². The average molecular weight is 416 g/mol. The number of H-pyrrole nitrogens is 1. The molecule has 3 N–H and O–H groups in total. The van der Waals surface area contributed by atoms with Gasteiger partial charge in [0.15, 0.2) is 0 Å². The minimum Gasteiger partial charge on any atom is -0.394 e. The summed E-state index contributed by atoms with van der Waals surface area (Å²) in [6.45, 7) is 6.27. The molecule has 9 heteroatoms. The van der Waals surface area contributed by atoms with E-state index in [1.165, 1.54) is 0 Å². The highest BCUT2D eigenvalue weighted by molar-refractivity contribution is 5.87. The van der Waals surface area contributed by atoms with E-state index in [0.717, 1.165) is 33.4 Å². The summed E-state index contributed by atoms with van der Waals surface area (Å²) < 4.78 is 1.76. The number of aryl methyl sites for hydroxylation is 1. The molecule has 0 spiro atoms. The summed E-state index contributed by atoms with van der Waals surface area (Å²) in [5, 5.41) is 27.5. The second-order valence-electron chi connectivity index (χ2n) is 8.00. The van der Waals surface area contributed by atoms with E-state index in [-0.39, 0.29) is 6.61 Å². The zero-order valence-corrected chi connectivity index (χ0v) is 17.7. The number of aliphatic hydroxyl groups is 1. The van der Waals surface area contributed by atoms with Crippen LogP contribution in [0.5, 0.6) is 0 Å². The third-order valence-electron chi connectivity index (χ3n) is 5.18. The molecule has 4 aromatic rings. The molecule has 0 aliphatic rings. The van der Waals surface area contributed by atoms with Gasteiger partial charge in [-0.15, -0.1) is 0 Å². The van der Waals surface area contributed by atoms with Gasteiger partial charge in [-0.25, -0.2) is 15.0 Å². The van der Waals surface area contributed by atoms with E-state index in [1.807, 2.05) is 39.2 Å². The van der Waals surface area contributed by atoms with Crippen LogP contribution in [0.2, 0.25) is 0 Å². The Morgan fingerprint density at radius 2 is 2.16 bits per heavy atom. The second-order valence-corrected chi connectivity index (χ2v) is 8.00. The quantitative estimate of drug-likeness (QED) is 0.394. The first-order valence-electron chi connectivity index (χ1n) is 10.0. The van der Waals surface area contributed by atoms with E-state index in [0.29, 0.717) is 24.6 Å². The fourth-order valence-corrected chi connectivity index (χ4v) is 3.25. The van der Waals surface area contributed by atoms with Crippen molar-refractivity contribution < 1.29 is 5.11 Å². The number of nitrogens with zero attached hydrogens (tertiary/aromatic N) is 6. The van der Waals surface area contributed by atoms with E-state index < -0.39 is 5.54 Å². The van der Waals surface area contributed by atoms with Crippen LogP contribution in [0.25, 0.3) is 33.5 Å². The smallest absolute Gasteiger partial charge is 0.223 e. The molecular weight excluding hydrogens is 392 g/mol. The first-order valence-corrected chi connectivity index (χ1v) is 10.0. The Balaban J connectivity index is 1.84. The van der Waals surface area contributed by atoms with Gasteiger partial charge in [0.25, 0.3) is 0 Å². The molecule has 0 fully saturated rings. The Kier molecular flexibility index (Phi) is 5.40. The van der Waals surface area contributed by atoms with E-state index >= 15 is 0 Å². The summed E-state index contributed by atoms with van der Waals surface area (Å²) >= 11 is 0. The highest BCUT2D eigenvalue weighted by atomic mass is 16.3. The van der Waals surface area contributed by atoms with Crippen LogP contribution in [0.15, 0.2) is 36.9 Å². The van der Waals surface area contributed by atoms with Crippen LogP contribution in [0.3, 0.4) is 0 Å². The minimum absolute atomic E-state index is 0.0630. The first kappa shape index (κ1) is 20.5. The van der Waals surface area contributed by atoms with Gasteiger partial charge in [0, 0.05) is 47.8 Å². The number of rotatable bonds is 7. The molecule has 9 nitrogen and oxygen atoms in total. The molecule has 0 bridgehead atoms. The van der Waals surface area contributed by atoms with Crippen LogP contribution in [0, 0.1) is 18.3 Å². The van der Waals surface area contributed by atoms with Gasteiger partial charge in [-0.05, 0) is 38.5 Å². The monoisotopic (exact) mass is 416 g/mol. The summed E-state index contributed by atoms with van der Waals surface area (Å²) in [6, 6.07) is 5.97. The van der Waals surface area contributed by atoms with Gasteiger partial charge < -0.3 is 15.4 Å². The lowest BCUT2D eigenvalue weighted by Crippen LogP contribution is -2.30. The summed E-state index contributed by atoms with van der Waals surface area (Å²) in [5.41, 5.74) is 4.41. The standard InChI is InChI=1S/C22H24N8O/c1-14-10-26-20-16(14)9-15(11-27-20)19-17(12-30(29-19)22(2,3)13-31)18-5-8-25-21(28-18)24-7-4-6-23/h5,8-12,31H,4,7,13H2,1-3H3,(H,26,27)(H,24,25,28). The maximum atomic E-state index is 9.86. The predicted molar refractivity (Wildman–Crippen MR) is 118 cm³/mol. The van der Waals surface area contributed by atoms with Crippen molar-refractivity contribution >= 4 is 17.0 Å². The SMILES string of the molecule is Cc1c[nH]c2ncc(-c3nn(C(C)(C)CO)cc3-c3ccnc(NCCC#N)n3)cc12. The van der Waals surface area contributed by atoms with E-state index in [1.54, 1.807) is 17.1 Å². The number of aliphatic hydroxyl groups excluding tert-OH is 1. The summed E-state index contributed by atoms with van der Waals surface area (Å²) in [4.78, 5) is 16.6.